The molecule has 0 saturated heterocycles. The van der Waals surface area contributed by atoms with E-state index in [1.54, 1.807) is 18.4 Å². The van der Waals surface area contributed by atoms with Gasteiger partial charge in [0.15, 0.2) is 0 Å². The van der Waals surface area contributed by atoms with Gasteiger partial charge in [-0.2, -0.15) is 0 Å². The Hall–Kier alpha value is -1.29. The Morgan fingerprint density at radius 1 is 1.27 bits per heavy atom. The molecule has 120 valence electrons. The second-order valence-corrected chi connectivity index (χ2v) is 7.77. The van der Waals surface area contributed by atoms with Gasteiger partial charge in [-0.25, -0.2) is 0 Å². The molecule has 0 aliphatic heterocycles. The van der Waals surface area contributed by atoms with Crippen LogP contribution in [0, 0.1) is 23.2 Å². The molecule has 5 rings (SSSR count). The van der Waals surface area contributed by atoms with Crippen molar-refractivity contribution in [2.24, 2.45) is 23.2 Å². The van der Waals surface area contributed by atoms with E-state index in [1.807, 2.05) is 0 Å². The summed E-state index contributed by atoms with van der Waals surface area (Å²) in [5.74, 6) is 3.16. The van der Waals surface area contributed by atoms with Crippen LogP contribution in [0.1, 0.15) is 56.8 Å². The Balaban J connectivity index is 1.33. The molecule has 0 unspecified atom stereocenters. The van der Waals surface area contributed by atoms with E-state index in [0.29, 0.717) is 18.7 Å². The highest BCUT2D eigenvalue weighted by atomic mass is 16.4. The van der Waals surface area contributed by atoms with Crippen LogP contribution in [0.3, 0.4) is 0 Å². The van der Waals surface area contributed by atoms with E-state index in [-0.39, 0.29) is 11.3 Å². The first kappa shape index (κ1) is 14.3. The number of carbonyl (C=O) groups excluding carboxylic acids is 1. The van der Waals surface area contributed by atoms with Crippen LogP contribution in [0.2, 0.25) is 0 Å². The maximum Gasteiger partial charge on any atom is 0.226 e. The van der Waals surface area contributed by atoms with Crippen molar-refractivity contribution in [3.05, 3.63) is 24.2 Å². The summed E-state index contributed by atoms with van der Waals surface area (Å²) in [6.07, 6.45) is 8.75. The van der Waals surface area contributed by atoms with Crippen molar-refractivity contribution in [3.63, 3.8) is 0 Å². The number of hydrogen-bond donors (Lipinski definition) is 2. The molecule has 4 aliphatic carbocycles. The molecule has 4 bridgehead atoms. The highest BCUT2D eigenvalue weighted by Crippen LogP contribution is 2.60. The molecule has 4 saturated carbocycles. The van der Waals surface area contributed by atoms with Crippen LogP contribution in [-0.4, -0.2) is 17.6 Å². The van der Waals surface area contributed by atoms with Crippen LogP contribution in [0.5, 0.6) is 0 Å². The molecule has 2 N–H and O–H groups in total. The topological polar surface area (TPSA) is 62.5 Å². The molecule has 4 aliphatic rings. The van der Waals surface area contributed by atoms with Crippen LogP contribution in [0.25, 0.3) is 0 Å². The molecule has 1 aromatic heterocycles. The van der Waals surface area contributed by atoms with Crippen molar-refractivity contribution in [3.8, 4) is 0 Å². The average Bonchev–Trinajstić information content (AvgIpc) is 2.99. The predicted molar refractivity (Wildman–Crippen MR) is 81.9 cm³/mol. The van der Waals surface area contributed by atoms with Crippen LogP contribution in [-0.2, 0) is 4.79 Å². The van der Waals surface area contributed by atoms with Crippen LogP contribution in [0.4, 0.5) is 0 Å². The van der Waals surface area contributed by atoms with Crippen LogP contribution < -0.4 is 5.32 Å². The van der Waals surface area contributed by atoms with Crippen molar-refractivity contribution < 1.29 is 14.3 Å². The third-order valence-electron chi connectivity index (χ3n) is 6.09. The van der Waals surface area contributed by atoms with Crippen molar-refractivity contribution in [1.29, 1.82) is 0 Å². The van der Waals surface area contributed by atoms with Crippen molar-refractivity contribution in [1.82, 2.24) is 5.32 Å². The van der Waals surface area contributed by atoms with Gasteiger partial charge in [0.25, 0.3) is 0 Å². The molecule has 0 aromatic carbocycles. The van der Waals surface area contributed by atoms with Crippen LogP contribution >= 0.6 is 0 Å². The molecule has 0 radical (unpaired) electrons. The van der Waals surface area contributed by atoms with Crippen molar-refractivity contribution in [2.75, 3.05) is 6.54 Å². The van der Waals surface area contributed by atoms with Gasteiger partial charge in [-0.1, -0.05) is 0 Å². The molecular weight excluding hydrogens is 278 g/mol. The normalized spacial score (nSPS) is 37.2. The number of nitrogens with one attached hydrogen (secondary N) is 1. The van der Waals surface area contributed by atoms with E-state index in [4.69, 9.17) is 4.42 Å². The molecule has 1 aromatic rings. The maximum absolute atomic E-state index is 12.7. The van der Waals surface area contributed by atoms with E-state index >= 15 is 0 Å². The molecule has 1 heterocycles. The summed E-state index contributed by atoms with van der Waals surface area (Å²) in [6, 6.07) is 3.54. The highest BCUT2D eigenvalue weighted by Gasteiger charge is 2.54. The lowest BCUT2D eigenvalue weighted by atomic mass is 9.49. The Labute approximate surface area is 131 Å². The zero-order chi connectivity index (χ0) is 15.2. The minimum absolute atomic E-state index is 0.0929. The molecule has 4 nitrogen and oxygen atoms in total. The first-order valence-electron chi connectivity index (χ1n) is 8.64. The zero-order valence-electron chi connectivity index (χ0n) is 13.0. The second kappa shape index (κ2) is 5.41. The van der Waals surface area contributed by atoms with Gasteiger partial charge in [-0.05, 0) is 74.8 Å². The Kier molecular flexibility index (Phi) is 3.52. The van der Waals surface area contributed by atoms with Gasteiger partial charge in [0.2, 0.25) is 5.91 Å². The minimum Gasteiger partial charge on any atom is -0.467 e. The molecule has 0 spiro atoms. The smallest absolute Gasteiger partial charge is 0.226 e. The molecule has 1 amide bonds. The lowest BCUT2D eigenvalue weighted by Gasteiger charge is -2.55. The fourth-order valence-corrected chi connectivity index (χ4v) is 5.52. The van der Waals surface area contributed by atoms with Gasteiger partial charge in [0.1, 0.15) is 11.9 Å². The lowest BCUT2D eigenvalue weighted by molar-refractivity contribution is -0.146. The number of hydrogen-bond acceptors (Lipinski definition) is 3. The average molecular weight is 303 g/mol. The first-order chi connectivity index (χ1) is 10.6. The van der Waals surface area contributed by atoms with Gasteiger partial charge < -0.3 is 14.8 Å². The van der Waals surface area contributed by atoms with Crippen LogP contribution in [0.15, 0.2) is 22.8 Å². The Morgan fingerprint density at radius 3 is 2.45 bits per heavy atom. The maximum atomic E-state index is 12.7. The Bertz CT molecular complexity index is 501. The molecule has 4 heteroatoms. The number of aliphatic hydroxyl groups is 1. The van der Waals surface area contributed by atoms with E-state index in [9.17, 15) is 9.90 Å². The lowest BCUT2D eigenvalue weighted by Crippen LogP contribution is -2.53. The van der Waals surface area contributed by atoms with Gasteiger partial charge in [0.05, 0.1) is 6.26 Å². The van der Waals surface area contributed by atoms with E-state index < -0.39 is 6.10 Å². The fourth-order valence-electron chi connectivity index (χ4n) is 5.52. The number of rotatable bonds is 5. The number of aliphatic hydroxyl groups excluding tert-OH is 1. The van der Waals surface area contributed by atoms with Crippen molar-refractivity contribution >= 4 is 5.91 Å². The number of amides is 1. The summed E-state index contributed by atoms with van der Waals surface area (Å²) >= 11 is 0. The van der Waals surface area contributed by atoms with Crippen molar-refractivity contribution in [2.45, 2.75) is 51.0 Å². The summed E-state index contributed by atoms with van der Waals surface area (Å²) in [4.78, 5) is 12.7. The van der Waals surface area contributed by atoms with E-state index in [0.717, 1.165) is 37.0 Å². The first-order valence-corrected chi connectivity index (χ1v) is 8.64. The van der Waals surface area contributed by atoms with Gasteiger partial charge in [0, 0.05) is 12.0 Å². The largest absolute Gasteiger partial charge is 0.467 e. The van der Waals surface area contributed by atoms with Gasteiger partial charge >= 0.3 is 0 Å². The predicted octanol–water partition coefficient (Wildman–Crippen LogP) is 3.04. The van der Waals surface area contributed by atoms with Gasteiger partial charge in [-0.3, -0.25) is 4.79 Å². The summed E-state index contributed by atoms with van der Waals surface area (Å²) in [5.41, 5.74) is -0.0929. The number of furan rings is 1. The molecule has 4 fully saturated rings. The highest BCUT2D eigenvalue weighted by molar-refractivity contribution is 5.83. The Morgan fingerprint density at radius 2 is 1.91 bits per heavy atom. The summed E-state index contributed by atoms with van der Waals surface area (Å²) in [6.45, 7) is 0.516. The second-order valence-electron chi connectivity index (χ2n) is 7.77. The third kappa shape index (κ3) is 2.47. The standard InChI is InChI=1S/C18H25NO3/c20-15(16-2-1-5-22-16)3-4-19-17(21)18-9-12-6-13(10-18)8-14(7-12)11-18/h1-2,5,12-15,20H,3-4,6-11H2,(H,19,21)/t12?,13?,14?,15-,18?/m1/s1. The fraction of sp³-hybridized carbons (Fsp3) is 0.722. The summed E-state index contributed by atoms with van der Waals surface area (Å²) < 4.78 is 5.19. The van der Waals surface area contributed by atoms with Gasteiger partial charge in [-0.15, -0.1) is 0 Å². The summed E-state index contributed by atoms with van der Waals surface area (Å²) in [7, 11) is 0. The molecular formula is C18H25NO3. The SMILES string of the molecule is O=C(NCC[C@@H](O)c1ccco1)C12CC3CC(CC(C3)C1)C2. The minimum atomic E-state index is -0.633. The molecule has 22 heavy (non-hydrogen) atoms. The van der Waals surface area contributed by atoms with E-state index in [1.165, 1.54) is 19.3 Å². The quantitative estimate of drug-likeness (QED) is 0.879. The third-order valence-corrected chi connectivity index (χ3v) is 6.09. The number of carbonyl (C=O) groups is 1. The monoisotopic (exact) mass is 303 g/mol. The molecule has 1 atom stereocenters. The summed E-state index contributed by atoms with van der Waals surface area (Å²) in [5, 5.41) is 13.1. The van der Waals surface area contributed by atoms with E-state index in [2.05, 4.69) is 5.32 Å². The zero-order valence-corrected chi connectivity index (χ0v) is 13.0.